The molecule has 2 unspecified atom stereocenters. The van der Waals surface area contributed by atoms with Crippen molar-refractivity contribution < 1.29 is 24.3 Å². The molecule has 3 aromatic carbocycles. The maximum atomic E-state index is 15.0. The van der Waals surface area contributed by atoms with E-state index in [9.17, 15) is 24.3 Å². The van der Waals surface area contributed by atoms with Gasteiger partial charge in [0.05, 0.1) is 11.1 Å². The Hall–Kier alpha value is -5.85. The molecular weight excluding hydrogens is 737 g/mol. The van der Waals surface area contributed by atoms with E-state index in [0.29, 0.717) is 11.1 Å². The molecule has 0 aliphatic rings. The minimum atomic E-state index is -1.31. The number of hydrogen-bond donors (Lipinski definition) is 3. The fourth-order valence-corrected chi connectivity index (χ4v) is 7.40. The van der Waals surface area contributed by atoms with Crippen LogP contribution in [-0.4, -0.2) is 78.6 Å². The van der Waals surface area contributed by atoms with Crippen LogP contribution in [-0.2, 0) is 22.7 Å². The molecule has 0 bridgehead atoms. The number of hydrogen-bond acceptors (Lipinski definition) is 8. The molecule has 4 atom stereocenters. The Kier molecular flexibility index (Phi) is 15.5. The highest BCUT2D eigenvalue weighted by Crippen LogP contribution is 2.31. The molecule has 3 N–H and O–H groups in total. The van der Waals surface area contributed by atoms with Gasteiger partial charge in [-0.3, -0.25) is 29.1 Å². The summed E-state index contributed by atoms with van der Waals surface area (Å²) in [6.07, 6.45) is 4.71. The first-order chi connectivity index (χ1) is 27.5. The summed E-state index contributed by atoms with van der Waals surface area (Å²) in [5.41, 5.74) is 2.26. The summed E-state index contributed by atoms with van der Waals surface area (Å²) in [4.78, 5) is 68.5. The summed E-state index contributed by atoms with van der Waals surface area (Å²) in [6.45, 7) is 7.47. The molecule has 2 heterocycles. The second kappa shape index (κ2) is 20.9. The third-order valence-corrected chi connectivity index (χ3v) is 10.7. The van der Waals surface area contributed by atoms with Gasteiger partial charge in [-0.05, 0) is 59.4 Å². The maximum Gasteiger partial charge on any atom is 0.253 e. The standard InChI is InChI=1S/C45H50N6O5S/c1-31(2)39(48-41(53)35-20-14-24-46-26-35)43(55)50(28-33-16-8-5-9-17-33)30-38(52)45(57-37-22-12-7-13-23-37)51(29-34-18-10-6-11-19-34)44(56)40(32(3)4)49-42(54)36-21-15-25-47-27-36/h5-27,31-32,38-40,45,52H,28-30H2,1-4H3,(H,48,53)(H,49,54)/t38?,39-,40-,45?/m0/s1. The van der Waals surface area contributed by atoms with E-state index in [1.54, 1.807) is 46.5 Å². The molecule has 0 spiro atoms. The zero-order valence-electron chi connectivity index (χ0n) is 32.6. The predicted octanol–water partition coefficient (Wildman–Crippen LogP) is 6.22. The molecule has 5 aromatic rings. The van der Waals surface area contributed by atoms with Crippen LogP contribution in [0, 0.1) is 11.8 Å². The van der Waals surface area contributed by atoms with Crippen molar-refractivity contribution in [2.45, 2.75) is 69.2 Å². The van der Waals surface area contributed by atoms with Crippen LogP contribution in [0.1, 0.15) is 59.5 Å². The van der Waals surface area contributed by atoms with Crippen molar-refractivity contribution in [3.8, 4) is 0 Å². The summed E-state index contributed by atoms with van der Waals surface area (Å²) >= 11 is 1.30. The van der Waals surface area contributed by atoms with Crippen molar-refractivity contribution in [3.05, 3.63) is 162 Å². The molecule has 0 saturated heterocycles. The summed E-state index contributed by atoms with van der Waals surface area (Å²) < 4.78 is 0. The van der Waals surface area contributed by atoms with Gasteiger partial charge in [-0.25, -0.2) is 0 Å². The van der Waals surface area contributed by atoms with Gasteiger partial charge in [0.15, 0.2) is 0 Å². The molecule has 0 aliphatic heterocycles. The number of aromatic nitrogens is 2. The Morgan fingerprint density at radius 1 is 0.614 bits per heavy atom. The van der Waals surface area contributed by atoms with Crippen molar-refractivity contribution in [1.82, 2.24) is 30.4 Å². The van der Waals surface area contributed by atoms with Crippen LogP contribution in [0.5, 0.6) is 0 Å². The topological polar surface area (TPSA) is 145 Å². The van der Waals surface area contributed by atoms with E-state index in [2.05, 4.69) is 20.6 Å². The molecule has 0 aliphatic carbocycles. The number of thioether (sulfide) groups is 1. The highest BCUT2D eigenvalue weighted by Gasteiger charge is 2.39. The molecule has 2 aromatic heterocycles. The zero-order valence-corrected chi connectivity index (χ0v) is 33.5. The molecule has 0 saturated carbocycles. The molecule has 296 valence electrons. The zero-order chi connectivity index (χ0) is 40.7. The van der Waals surface area contributed by atoms with Gasteiger partial charge in [0.25, 0.3) is 11.8 Å². The van der Waals surface area contributed by atoms with Gasteiger partial charge in [-0.1, -0.05) is 118 Å². The largest absolute Gasteiger partial charge is 0.388 e. The second-order valence-corrected chi connectivity index (χ2v) is 15.6. The third-order valence-electron chi connectivity index (χ3n) is 9.34. The fraction of sp³-hybridized carbons (Fsp3) is 0.289. The van der Waals surface area contributed by atoms with Crippen LogP contribution < -0.4 is 10.6 Å². The number of aliphatic hydroxyl groups is 1. The van der Waals surface area contributed by atoms with E-state index in [4.69, 9.17) is 0 Å². The summed E-state index contributed by atoms with van der Waals surface area (Å²) in [5.74, 6) is -2.32. The van der Waals surface area contributed by atoms with Gasteiger partial charge in [0.2, 0.25) is 11.8 Å². The molecule has 5 rings (SSSR count). The smallest absolute Gasteiger partial charge is 0.253 e. The van der Waals surface area contributed by atoms with Gasteiger partial charge in [0, 0.05) is 49.3 Å². The number of nitrogens with zero attached hydrogens (tertiary/aromatic N) is 4. The number of carbonyl (C=O) groups excluding carboxylic acids is 4. The SMILES string of the molecule is CC(C)[C@H](NC(=O)c1cccnc1)C(=O)N(Cc1ccccc1)CC(O)C(Sc1ccccc1)N(Cc1ccccc1)C(=O)[C@@H](NC(=O)c1cccnc1)C(C)C. The third kappa shape index (κ3) is 12.1. The van der Waals surface area contributed by atoms with E-state index in [-0.39, 0.29) is 31.5 Å². The lowest BCUT2D eigenvalue weighted by molar-refractivity contribution is -0.139. The van der Waals surface area contributed by atoms with Gasteiger partial charge >= 0.3 is 0 Å². The second-order valence-electron chi connectivity index (χ2n) is 14.4. The molecule has 11 nitrogen and oxygen atoms in total. The first-order valence-electron chi connectivity index (χ1n) is 19.0. The monoisotopic (exact) mass is 786 g/mol. The minimum Gasteiger partial charge on any atom is -0.388 e. The van der Waals surface area contributed by atoms with Crippen molar-refractivity contribution in [2.75, 3.05) is 6.54 Å². The van der Waals surface area contributed by atoms with Crippen LogP contribution in [0.15, 0.2) is 145 Å². The average Bonchev–Trinajstić information content (AvgIpc) is 3.23. The van der Waals surface area contributed by atoms with Crippen LogP contribution in [0.4, 0.5) is 0 Å². The van der Waals surface area contributed by atoms with Crippen LogP contribution in [0.3, 0.4) is 0 Å². The maximum absolute atomic E-state index is 15.0. The van der Waals surface area contributed by atoms with E-state index in [1.165, 1.54) is 24.2 Å². The Bertz CT molecular complexity index is 2020. The van der Waals surface area contributed by atoms with Crippen molar-refractivity contribution in [3.63, 3.8) is 0 Å². The lowest BCUT2D eigenvalue weighted by atomic mass is 10.0. The van der Waals surface area contributed by atoms with E-state index in [1.807, 2.05) is 119 Å². The Balaban J connectivity index is 1.54. The highest BCUT2D eigenvalue weighted by atomic mass is 32.2. The van der Waals surface area contributed by atoms with E-state index in [0.717, 1.165) is 16.0 Å². The fourth-order valence-electron chi connectivity index (χ4n) is 6.26. The van der Waals surface area contributed by atoms with Gasteiger partial charge < -0.3 is 25.5 Å². The van der Waals surface area contributed by atoms with Crippen LogP contribution in [0.2, 0.25) is 0 Å². The number of pyridine rings is 2. The molecule has 4 amide bonds. The number of nitrogens with one attached hydrogen (secondary N) is 2. The van der Waals surface area contributed by atoms with Gasteiger partial charge in [0.1, 0.15) is 23.6 Å². The molecule has 0 radical (unpaired) electrons. The lowest BCUT2D eigenvalue weighted by Gasteiger charge is -2.39. The first kappa shape index (κ1) is 42.3. The lowest BCUT2D eigenvalue weighted by Crippen LogP contribution is -2.58. The number of carbonyl (C=O) groups is 4. The number of benzene rings is 3. The van der Waals surface area contributed by atoms with Crippen molar-refractivity contribution in [1.29, 1.82) is 0 Å². The van der Waals surface area contributed by atoms with Crippen molar-refractivity contribution in [2.24, 2.45) is 11.8 Å². The molecule has 57 heavy (non-hydrogen) atoms. The van der Waals surface area contributed by atoms with Crippen molar-refractivity contribution >= 4 is 35.4 Å². The Morgan fingerprint density at radius 2 is 1.07 bits per heavy atom. The number of amides is 4. The molecule has 0 fully saturated rings. The summed E-state index contributed by atoms with van der Waals surface area (Å²) in [7, 11) is 0. The van der Waals surface area contributed by atoms with Gasteiger partial charge in [-0.15, -0.1) is 0 Å². The molecule has 12 heteroatoms. The molecular formula is C45H50N6O5S. The average molecular weight is 787 g/mol. The first-order valence-corrected chi connectivity index (χ1v) is 19.9. The summed E-state index contributed by atoms with van der Waals surface area (Å²) in [6, 6.07) is 33.0. The van der Waals surface area contributed by atoms with E-state index >= 15 is 0 Å². The summed E-state index contributed by atoms with van der Waals surface area (Å²) in [5, 5.41) is 17.4. The van der Waals surface area contributed by atoms with Gasteiger partial charge in [-0.2, -0.15) is 0 Å². The quantitative estimate of drug-likeness (QED) is 0.0702. The van der Waals surface area contributed by atoms with Crippen LogP contribution >= 0.6 is 11.8 Å². The number of rotatable bonds is 18. The Morgan fingerprint density at radius 3 is 1.53 bits per heavy atom. The normalized spacial score (nSPS) is 13.2. The highest BCUT2D eigenvalue weighted by molar-refractivity contribution is 8.00. The minimum absolute atomic E-state index is 0.107. The predicted molar refractivity (Wildman–Crippen MR) is 222 cm³/mol. The van der Waals surface area contributed by atoms with Crippen LogP contribution in [0.25, 0.3) is 0 Å². The Labute approximate surface area is 338 Å². The van der Waals surface area contributed by atoms with E-state index < -0.39 is 47.2 Å². The number of aliphatic hydroxyl groups excluding tert-OH is 1.